The summed E-state index contributed by atoms with van der Waals surface area (Å²) in [5, 5.41) is 12.2. The van der Waals surface area contributed by atoms with Gasteiger partial charge in [0, 0.05) is 0 Å². The van der Waals surface area contributed by atoms with Crippen molar-refractivity contribution in [3.05, 3.63) is 41.5 Å². The lowest BCUT2D eigenvalue weighted by Gasteiger charge is -2.22. The Bertz CT molecular complexity index is 741. The van der Waals surface area contributed by atoms with E-state index in [-0.39, 0.29) is 24.3 Å². The predicted octanol–water partition coefficient (Wildman–Crippen LogP) is 1.19. The van der Waals surface area contributed by atoms with Crippen molar-refractivity contribution in [3.63, 3.8) is 0 Å². The second-order valence-corrected chi connectivity index (χ2v) is 5.95. The summed E-state index contributed by atoms with van der Waals surface area (Å²) in [5.74, 6) is 0.880. The van der Waals surface area contributed by atoms with Crippen LogP contribution in [0.4, 0.5) is 0 Å². The zero-order valence-electron chi connectivity index (χ0n) is 14.8. The molecular formula is C17H23N5O3. The van der Waals surface area contributed by atoms with E-state index in [2.05, 4.69) is 25.8 Å². The first-order valence-electron chi connectivity index (χ1n) is 8.01. The molecule has 1 atom stereocenters. The number of nitrogens with zero attached hydrogens (tertiary/aromatic N) is 2. The molecule has 134 valence electrons. The molecule has 0 saturated carbocycles. The van der Waals surface area contributed by atoms with Gasteiger partial charge in [-0.05, 0) is 25.0 Å². The van der Waals surface area contributed by atoms with Gasteiger partial charge in [0.15, 0.2) is 5.82 Å². The van der Waals surface area contributed by atoms with Crippen molar-refractivity contribution in [2.24, 2.45) is 5.92 Å². The predicted molar refractivity (Wildman–Crippen MR) is 92.1 cm³/mol. The van der Waals surface area contributed by atoms with Crippen molar-refractivity contribution in [2.45, 2.75) is 33.4 Å². The Morgan fingerprint density at radius 3 is 2.60 bits per heavy atom. The maximum absolute atomic E-state index is 12.5. The summed E-state index contributed by atoms with van der Waals surface area (Å²) in [6.45, 7) is 5.70. The third-order valence-corrected chi connectivity index (χ3v) is 3.65. The SMILES string of the molecule is COc1ccccc1C(=O)N[C@H](C(=O)NCc1n[nH]c(C)n1)C(C)C. The van der Waals surface area contributed by atoms with Gasteiger partial charge in [-0.25, -0.2) is 4.98 Å². The molecule has 0 aliphatic heterocycles. The van der Waals surface area contributed by atoms with E-state index in [1.165, 1.54) is 7.11 Å². The minimum absolute atomic E-state index is 0.0902. The smallest absolute Gasteiger partial charge is 0.255 e. The lowest BCUT2D eigenvalue weighted by atomic mass is 10.0. The van der Waals surface area contributed by atoms with Crippen LogP contribution in [-0.2, 0) is 11.3 Å². The summed E-state index contributed by atoms with van der Waals surface area (Å²) in [6.07, 6.45) is 0. The number of carbonyl (C=O) groups is 2. The number of benzene rings is 1. The number of aromatic amines is 1. The van der Waals surface area contributed by atoms with Crippen molar-refractivity contribution < 1.29 is 14.3 Å². The second kappa shape index (κ2) is 8.27. The molecule has 2 aromatic rings. The first-order valence-corrected chi connectivity index (χ1v) is 8.01. The number of amides is 2. The molecule has 0 bridgehead atoms. The number of para-hydroxylation sites is 1. The van der Waals surface area contributed by atoms with Gasteiger partial charge in [0.25, 0.3) is 5.91 Å². The zero-order chi connectivity index (χ0) is 18.4. The van der Waals surface area contributed by atoms with Crippen molar-refractivity contribution in [2.75, 3.05) is 7.11 Å². The quantitative estimate of drug-likeness (QED) is 0.698. The fourth-order valence-corrected chi connectivity index (χ4v) is 2.33. The fourth-order valence-electron chi connectivity index (χ4n) is 2.33. The molecule has 2 amide bonds. The van der Waals surface area contributed by atoms with Gasteiger partial charge in [-0.3, -0.25) is 14.7 Å². The van der Waals surface area contributed by atoms with E-state index in [0.29, 0.717) is 23.0 Å². The first-order chi connectivity index (χ1) is 11.9. The number of aryl methyl sites for hydroxylation is 1. The van der Waals surface area contributed by atoms with Gasteiger partial charge in [0.05, 0.1) is 19.2 Å². The van der Waals surface area contributed by atoms with Crippen molar-refractivity contribution in [1.29, 1.82) is 0 Å². The lowest BCUT2D eigenvalue weighted by Crippen LogP contribution is -2.49. The highest BCUT2D eigenvalue weighted by atomic mass is 16.5. The summed E-state index contributed by atoms with van der Waals surface area (Å²) in [6, 6.07) is 6.19. The topological polar surface area (TPSA) is 109 Å². The van der Waals surface area contributed by atoms with Crippen LogP contribution in [0.3, 0.4) is 0 Å². The Hall–Kier alpha value is -2.90. The molecular weight excluding hydrogens is 322 g/mol. The Morgan fingerprint density at radius 1 is 1.28 bits per heavy atom. The van der Waals surface area contributed by atoms with Gasteiger partial charge < -0.3 is 15.4 Å². The van der Waals surface area contributed by atoms with Crippen LogP contribution in [0.2, 0.25) is 0 Å². The van der Waals surface area contributed by atoms with Crippen LogP contribution in [0, 0.1) is 12.8 Å². The molecule has 0 aliphatic carbocycles. The number of H-pyrrole nitrogens is 1. The number of aromatic nitrogens is 3. The molecule has 0 saturated heterocycles. The summed E-state index contributed by atoms with van der Waals surface area (Å²) < 4.78 is 5.20. The van der Waals surface area contributed by atoms with Crippen molar-refractivity contribution in [3.8, 4) is 5.75 Å². The van der Waals surface area contributed by atoms with E-state index in [1.807, 2.05) is 13.8 Å². The van der Waals surface area contributed by atoms with Crippen LogP contribution in [0.5, 0.6) is 5.75 Å². The molecule has 1 heterocycles. The minimum atomic E-state index is -0.683. The van der Waals surface area contributed by atoms with E-state index >= 15 is 0 Å². The van der Waals surface area contributed by atoms with E-state index in [1.54, 1.807) is 31.2 Å². The van der Waals surface area contributed by atoms with Gasteiger partial charge in [-0.2, -0.15) is 5.10 Å². The number of ether oxygens (including phenoxy) is 1. The maximum Gasteiger partial charge on any atom is 0.255 e. The standard InChI is InChI=1S/C17H23N5O3/c1-10(2)15(17(24)18-9-14-19-11(3)21-22-14)20-16(23)12-7-5-6-8-13(12)25-4/h5-8,10,15H,9H2,1-4H3,(H,18,24)(H,20,23)(H,19,21,22)/t15-/m0/s1. The molecule has 3 N–H and O–H groups in total. The highest BCUT2D eigenvalue weighted by molar-refractivity contribution is 5.99. The largest absolute Gasteiger partial charge is 0.496 e. The van der Waals surface area contributed by atoms with Gasteiger partial charge >= 0.3 is 0 Å². The normalized spacial score (nSPS) is 11.9. The van der Waals surface area contributed by atoms with Crippen molar-refractivity contribution in [1.82, 2.24) is 25.8 Å². The number of nitrogens with one attached hydrogen (secondary N) is 3. The Kier molecular flexibility index (Phi) is 6.10. The summed E-state index contributed by atoms with van der Waals surface area (Å²) >= 11 is 0. The molecule has 0 unspecified atom stereocenters. The van der Waals surface area contributed by atoms with Crippen molar-refractivity contribution >= 4 is 11.8 Å². The summed E-state index contributed by atoms with van der Waals surface area (Å²) in [4.78, 5) is 29.1. The zero-order valence-corrected chi connectivity index (χ0v) is 14.8. The van der Waals surface area contributed by atoms with E-state index in [9.17, 15) is 9.59 Å². The number of hydrogen-bond donors (Lipinski definition) is 3. The number of methoxy groups -OCH3 is 1. The number of hydrogen-bond acceptors (Lipinski definition) is 5. The fraction of sp³-hybridized carbons (Fsp3) is 0.412. The summed E-state index contributed by atoms with van der Waals surface area (Å²) in [7, 11) is 1.50. The van der Waals surface area contributed by atoms with Crippen LogP contribution in [0.15, 0.2) is 24.3 Å². The molecule has 1 aromatic carbocycles. The molecule has 8 heteroatoms. The first kappa shape index (κ1) is 18.4. The molecule has 0 spiro atoms. The monoisotopic (exact) mass is 345 g/mol. The van der Waals surface area contributed by atoms with Gasteiger partial charge in [-0.1, -0.05) is 26.0 Å². The van der Waals surface area contributed by atoms with Crippen LogP contribution < -0.4 is 15.4 Å². The minimum Gasteiger partial charge on any atom is -0.496 e. The summed E-state index contributed by atoms with van der Waals surface area (Å²) in [5.41, 5.74) is 0.382. The van der Waals surface area contributed by atoms with Crippen LogP contribution in [-0.4, -0.2) is 40.1 Å². The van der Waals surface area contributed by atoms with Crippen LogP contribution in [0.25, 0.3) is 0 Å². The average Bonchev–Trinajstić information content (AvgIpc) is 3.02. The molecule has 1 aromatic heterocycles. The van der Waals surface area contributed by atoms with Gasteiger partial charge in [0.1, 0.15) is 17.6 Å². The Labute approximate surface area is 146 Å². The lowest BCUT2D eigenvalue weighted by molar-refractivity contribution is -0.124. The molecule has 8 nitrogen and oxygen atoms in total. The highest BCUT2D eigenvalue weighted by Crippen LogP contribution is 2.17. The van der Waals surface area contributed by atoms with E-state index < -0.39 is 6.04 Å². The third kappa shape index (κ3) is 4.79. The molecule has 2 rings (SSSR count). The highest BCUT2D eigenvalue weighted by Gasteiger charge is 2.25. The van der Waals surface area contributed by atoms with Gasteiger partial charge in [-0.15, -0.1) is 0 Å². The number of carbonyl (C=O) groups excluding carboxylic acids is 2. The van der Waals surface area contributed by atoms with Crippen LogP contribution >= 0.6 is 0 Å². The Balaban J connectivity index is 2.04. The van der Waals surface area contributed by atoms with E-state index in [0.717, 1.165) is 0 Å². The molecule has 0 aliphatic rings. The Morgan fingerprint density at radius 2 is 2.00 bits per heavy atom. The van der Waals surface area contributed by atoms with E-state index in [4.69, 9.17) is 4.74 Å². The van der Waals surface area contributed by atoms with Crippen LogP contribution in [0.1, 0.15) is 35.9 Å². The number of rotatable bonds is 7. The molecule has 0 fully saturated rings. The van der Waals surface area contributed by atoms with Gasteiger partial charge in [0.2, 0.25) is 5.91 Å². The average molecular weight is 345 g/mol. The second-order valence-electron chi connectivity index (χ2n) is 5.95. The molecule has 0 radical (unpaired) electrons. The maximum atomic E-state index is 12.5. The third-order valence-electron chi connectivity index (χ3n) is 3.65. The molecule has 25 heavy (non-hydrogen) atoms.